The topological polar surface area (TPSA) is 64.6 Å². The first-order valence-electron chi connectivity index (χ1n) is 5.82. The van der Waals surface area contributed by atoms with Crippen LogP contribution in [0.25, 0.3) is 0 Å². The zero-order valence-electron chi connectivity index (χ0n) is 11.9. The second kappa shape index (κ2) is 7.51. The molecule has 0 aliphatic heterocycles. The lowest BCUT2D eigenvalue weighted by Gasteiger charge is -2.24. The van der Waals surface area contributed by atoms with Gasteiger partial charge in [-0.25, -0.2) is 9.59 Å². The van der Waals surface area contributed by atoms with Crippen LogP contribution in [-0.2, 0) is 14.3 Å². The smallest absolute Gasteiger partial charge is 0.408 e. The third-order valence-corrected chi connectivity index (χ3v) is 2.27. The van der Waals surface area contributed by atoms with E-state index in [1.165, 1.54) is 11.8 Å². The van der Waals surface area contributed by atoms with E-state index >= 15 is 0 Å². The fraction of sp³-hybridized carbons (Fsp3) is 0.833. The molecule has 18 heavy (non-hydrogen) atoms. The third kappa shape index (κ3) is 7.42. The molecule has 1 amide bonds. The molecule has 0 aliphatic carbocycles. The SMILES string of the molecule is CSCOC(=O)[C@@H](NC(=O)OC(C)(C)C)C(C)C. The summed E-state index contributed by atoms with van der Waals surface area (Å²) in [6.45, 7) is 8.97. The van der Waals surface area contributed by atoms with Crippen LogP contribution in [-0.4, -0.2) is 35.9 Å². The number of ether oxygens (including phenoxy) is 2. The summed E-state index contributed by atoms with van der Waals surface area (Å²) in [6, 6.07) is -0.688. The maximum atomic E-state index is 11.7. The van der Waals surface area contributed by atoms with E-state index < -0.39 is 23.7 Å². The molecular weight excluding hydrogens is 254 g/mol. The highest BCUT2D eigenvalue weighted by molar-refractivity contribution is 7.98. The van der Waals surface area contributed by atoms with Crippen molar-refractivity contribution >= 4 is 23.8 Å². The summed E-state index contributed by atoms with van der Waals surface area (Å²) in [5.74, 6) is -0.227. The average Bonchev–Trinajstić information content (AvgIpc) is 2.19. The summed E-state index contributed by atoms with van der Waals surface area (Å²) in [5, 5.41) is 2.54. The molecule has 0 aromatic carbocycles. The second-order valence-electron chi connectivity index (χ2n) is 5.24. The zero-order valence-corrected chi connectivity index (χ0v) is 12.7. The highest BCUT2D eigenvalue weighted by atomic mass is 32.2. The fourth-order valence-corrected chi connectivity index (χ4v) is 1.37. The number of hydrogen-bond donors (Lipinski definition) is 1. The lowest BCUT2D eigenvalue weighted by atomic mass is 10.1. The fourth-order valence-electron chi connectivity index (χ4n) is 1.14. The van der Waals surface area contributed by atoms with Gasteiger partial charge in [0.05, 0.1) is 0 Å². The Hall–Kier alpha value is -0.910. The number of carbonyl (C=O) groups excluding carboxylic acids is 2. The summed E-state index contributed by atoms with van der Waals surface area (Å²) in [5.41, 5.74) is -0.589. The van der Waals surface area contributed by atoms with Crippen molar-refractivity contribution in [3.05, 3.63) is 0 Å². The van der Waals surface area contributed by atoms with Crippen LogP contribution >= 0.6 is 11.8 Å². The van der Waals surface area contributed by atoms with Crippen LogP contribution in [0.4, 0.5) is 4.79 Å². The predicted octanol–water partition coefficient (Wildman–Crippen LogP) is 2.40. The molecule has 106 valence electrons. The average molecular weight is 277 g/mol. The first-order valence-corrected chi connectivity index (χ1v) is 7.22. The molecular formula is C12H23NO4S. The Bertz CT molecular complexity index is 286. The van der Waals surface area contributed by atoms with Gasteiger partial charge in [-0.1, -0.05) is 13.8 Å². The van der Waals surface area contributed by atoms with Gasteiger partial charge in [0.15, 0.2) is 0 Å². The Morgan fingerprint density at radius 1 is 1.28 bits per heavy atom. The molecule has 0 saturated heterocycles. The number of carbonyl (C=O) groups is 2. The number of amides is 1. The first kappa shape index (κ1) is 17.1. The van der Waals surface area contributed by atoms with Gasteiger partial charge in [-0.15, -0.1) is 11.8 Å². The molecule has 0 aromatic heterocycles. The van der Waals surface area contributed by atoms with Crippen LogP contribution in [0.3, 0.4) is 0 Å². The number of thioether (sulfide) groups is 1. The molecule has 0 heterocycles. The minimum absolute atomic E-state index is 0.0631. The monoisotopic (exact) mass is 277 g/mol. The van der Waals surface area contributed by atoms with Crippen LogP contribution in [0.1, 0.15) is 34.6 Å². The maximum absolute atomic E-state index is 11.7. The van der Waals surface area contributed by atoms with Crippen molar-refractivity contribution in [2.24, 2.45) is 5.92 Å². The van der Waals surface area contributed by atoms with Gasteiger partial charge in [0.2, 0.25) is 0 Å². The minimum atomic E-state index is -0.688. The first-order chi connectivity index (χ1) is 8.17. The lowest BCUT2D eigenvalue weighted by molar-refractivity contribution is -0.145. The molecule has 1 N–H and O–H groups in total. The van der Waals surface area contributed by atoms with E-state index in [2.05, 4.69) is 5.32 Å². The molecule has 0 saturated carbocycles. The number of nitrogens with one attached hydrogen (secondary N) is 1. The summed E-state index contributed by atoms with van der Waals surface area (Å²) >= 11 is 1.40. The molecule has 0 radical (unpaired) electrons. The summed E-state index contributed by atoms with van der Waals surface area (Å²) in [7, 11) is 0. The highest BCUT2D eigenvalue weighted by Crippen LogP contribution is 2.10. The quantitative estimate of drug-likeness (QED) is 0.617. The van der Waals surface area contributed by atoms with Crippen molar-refractivity contribution in [1.29, 1.82) is 0 Å². The number of hydrogen-bond acceptors (Lipinski definition) is 5. The van der Waals surface area contributed by atoms with Gasteiger partial charge in [0.25, 0.3) is 0 Å². The molecule has 0 fully saturated rings. The molecule has 0 bridgehead atoms. The standard InChI is InChI=1S/C12H23NO4S/c1-8(2)9(10(14)16-7-18-6)13-11(15)17-12(3,4)5/h8-9H,7H2,1-6H3,(H,13,15)/t9-/m0/s1. The van der Waals surface area contributed by atoms with Gasteiger partial charge in [-0.05, 0) is 32.9 Å². The van der Waals surface area contributed by atoms with Crippen LogP contribution < -0.4 is 5.32 Å². The van der Waals surface area contributed by atoms with Crippen LogP contribution in [0.5, 0.6) is 0 Å². The Kier molecular flexibility index (Phi) is 7.13. The van der Waals surface area contributed by atoms with E-state index in [0.717, 1.165) is 0 Å². The predicted molar refractivity (Wildman–Crippen MR) is 72.5 cm³/mol. The van der Waals surface area contributed by atoms with Crippen molar-refractivity contribution in [2.45, 2.75) is 46.3 Å². The van der Waals surface area contributed by atoms with Gasteiger partial charge >= 0.3 is 12.1 Å². The largest absolute Gasteiger partial charge is 0.453 e. The zero-order chi connectivity index (χ0) is 14.3. The summed E-state index contributed by atoms with van der Waals surface area (Å²) in [6.07, 6.45) is 1.22. The van der Waals surface area contributed by atoms with Crippen LogP contribution in [0.15, 0.2) is 0 Å². The molecule has 5 nitrogen and oxygen atoms in total. The Morgan fingerprint density at radius 3 is 2.22 bits per heavy atom. The van der Waals surface area contributed by atoms with E-state index in [9.17, 15) is 9.59 Å². The molecule has 1 atom stereocenters. The van der Waals surface area contributed by atoms with Gasteiger partial charge in [-0.2, -0.15) is 0 Å². The van der Waals surface area contributed by atoms with E-state index in [4.69, 9.17) is 9.47 Å². The number of rotatable bonds is 5. The summed E-state index contributed by atoms with van der Waals surface area (Å²) in [4.78, 5) is 23.3. The van der Waals surface area contributed by atoms with Crippen molar-refractivity contribution in [1.82, 2.24) is 5.32 Å². The van der Waals surface area contributed by atoms with Crippen LogP contribution in [0.2, 0.25) is 0 Å². The van der Waals surface area contributed by atoms with E-state index in [1.54, 1.807) is 20.8 Å². The van der Waals surface area contributed by atoms with Crippen molar-refractivity contribution in [3.8, 4) is 0 Å². The van der Waals surface area contributed by atoms with Gasteiger partial charge in [0, 0.05) is 0 Å². The van der Waals surface area contributed by atoms with E-state index in [-0.39, 0.29) is 11.9 Å². The van der Waals surface area contributed by atoms with E-state index in [1.807, 2.05) is 20.1 Å². The van der Waals surface area contributed by atoms with Gasteiger partial charge < -0.3 is 14.8 Å². The number of alkyl carbamates (subject to hydrolysis) is 1. The normalized spacial score (nSPS) is 13.1. The molecule has 0 aromatic rings. The summed E-state index contributed by atoms with van der Waals surface area (Å²) < 4.78 is 10.1. The van der Waals surface area contributed by atoms with Crippen LogP contribution in [0, 0.1) is 5.92 Å². The van der Waals surface area contributed by atoms with Gasteiger partial charge in [0.1, 0.15) is 17.6 Å². The minimum Gasteiger partial charge on any atom is -0.453 e. The molecule has 0 aliphatic rings. The molecule has 6 heteroatoms. The van der Waals surface area contributed by atoms with Crippen molar-refractivity contribution < 1.29 is 19.1 Å². The van der Waals surface area contributed by atoms with Crippen molar-refractivity contribution in [3.63, 3.8) is 0 Å². The highest BCUT2D eigenvalue weighted by Gasteiger charge is 2.27. The Morgan fingerprint density at radius 2 is 1.83 bits per heavy atom. The van der Waals surface area contributed by atoms with Gasteiger partial charge in [-0.3, -0.25) is 0 Å². The van der Waals surface area contributed by atoms with Crippen molar-refractivity contribution in [2.75, 3.05) is 12.2 Å². The Balaban J connectivity index is 4.45. The molecule has 0 spiro atoms. The Labute approximate surface area is 113 Å². The number of esters is 1. The molecule has 0 unspecified atom stereocenters. The third-order valence-electron chi connectivity index (χ3n) is 1.91. The lowest BCUT2D eigenvalue weighted by Crippen LogP contribution is -2.47. The second-order valence-corrected chi connectivity index (χ2v) is 6.05. The molecule has 0 rings (SSSR count). The maximum Gasteiger partial charge on any atom is 0.408 e. The van der Waals surface area contributed by atoms with E-state index in [0.29, 0.717) is 0 Å².